The highest BCUT2D eigenvalue weighted by Gasteiger charge is 2.27. The van der Waals surface area contributed by atoms with Gasteiger partial charge in [-0.3, -0.25) is 0 Å². The van der Waals surface area contributed by atoms with E-state index in [1.165, 1.54) is 11.2 Å². The van der Waals surface area contributed by atoms with Crippen LogP contribution in [0.2, 0.25) is 0 Å². The average Bonchev–Trinajstić information content (AvgIpc) is 2.82. The van der Waals surface area contributed by atoms with Crippen molar-refractivity contribution in [3.05, 3.63) is 26.9 Å². The van der Waals surface area contributed by atoms with Crippen LogP contribution >= 0.6 is 22.6 Å². The molecular weight excluding hydrogens is 347 g/mol. The van der Waals surface area contributed by atoms with E-state index in [0.29, 0.717) is 21.1 Å². The summed E-state index contributed by atoms with van der Waals surface area (Å²) in [7, 11) is 1.72. The van der Waals surface area contributed by atoms with E-state index in [0.717, 1.165) is 18.5 Å². The van der Waals surface area contributed by atoms with Crippen molar-refractivity contribution in [2.75, 3.05) is 0 Å². The molecule has 0 amide bonds. The fourth-order valence-electron chi connectivity index (χ4n) is 2.03. The molecule has 6 nitrogen and oxygen atoms in total. The predicted molar refractivity (Wildman–Crippen MR) is 70.9 cm³/mol. The first kappa shape index (κ1) is 12.1. The molecule has 2 heterocycles. The molecule has 0 radical (unpaired) electrons. The van der Waals surface area contributed by atoms with Gasteiger partial charge in [0.15, 0.2) is 11.9 Å². The van der Waals surface area contributed by atoms with Crippen molar-refractivity contribution in [3.63, 3.8) is 0 Å². The molecule has 1 aliphatic carbocycles. The van der Waals surface area contributed by atoms with Crippen molar-refractivity contribution in [1.82, 2.24) is 20.2 Å². The Morgan fingerprint density at radius 1 is 1.50 bits per heavy atom. The Morgan fingerprint density at radius 2 is 2.28 bits per heavy atom. The second-order valence-corrected chi connectivity index (χ2v) is 5.57. The monoisotopic (exact) mass is 360 g/mol. The summed E-state index contributed by atoms with van der Waals surface area (Å²) in [6.45, 7) is 0. The quantitative estimate of drug-likeness (QED) is 0.845. The van der Waals surface area contributed by atoms with Gasteiger partial charge in [0.05, 0.1) is 5.69 Å². The minimum Gasteiger partial charge on any atom is -0.378 e. The van der Waals surface area contributed by atoms with E-state index in [1.807, 2.05) is 28.7 Å². The standard InChI is InChI=1S/C11H13IN4O2/c1-16-13-9(11(12)14-16)10(17)8-5-7(15-18-8)6-3-2-4-6/h5-6,10,17H,2-4H2,1H3. The molecule has 7 heteroatoms. The third-order valence-electron chi connectivity index (χ3n) is 3.29. The van der Waals surface area contributed by atoms with Crippen LogP contribution in [0.1, 0.15) is 48.4 Å². The molecule has 0 aliphatic heterocycles. The SMILES string of the molecule is Cn1nc(I)c(C(O)c2cc(C3CCC3)no2)n1. The van der Waals surface area contributed by atoms with Crippen LogP contribution in [0.3, 0.4) is 0 Å². The molecule has 1 unspecified atom stereocenters. The number of aliphatic hydroxyl groups is 1. The Kier molecular flexibility index (Phi) is 3.10. The highest BCUT2D eigenvalue weighted by molar-refractivity contribution is 14.1. The van der Waals surface area contributed by atoms with Crippen LogP contribution in [-0.4, -0.2) is 25.3 Å². The highest BCUT2D eigenvalue weighted by Crippen LogP contribution is 2.37. The van der Waals surface area contributed by atoms with Gasteiger partial charge < -0.3 is 9.63 Å². The number of rotatable bonds is 3. The van der Waals surface area contributed by atoms with Gasteiger partial charge in [-0.25, -0.2) is 0 Å². The summed E-state index contributed by atoms with van der Waals surface area (Å²) in [5.41, 5.74) is 1.45. The van der Waals surface area contributed by atoms with E-state index in [4.69, 9.17) is 4.52 Å². The van der Waals surface area contributed by atoms with Gasteiger partial charge in [0.2, 0.25) is 0 Å². The van der Waals surface area contributed by atoms with Crippen LogP contribution in [0.5, 0.6) is 0 Å². The zero-order valence-electron chi connectivity index (χ0n) is 9.88. The molecular formula is C11H13IN4O2. The Hall–Kier alpha value is -0.960. The van der Waals surface area contributed by atoms with Gasteiger partial charge >= 0.3 is 0 Å². The summed E-state index contributed by atoms with van der Waals surface area (Å²) in [6.07, 6.45) is 2.67. The van der Waals surface area contributed by atoms with Gasteiger partial charge in [-0.1, -0.05) is 11.6 Å². The maximum Gasteiger partial charge on any atom is 0.171 e. The van der Waals surface area contributed by atoms with E-state index in [1.54, 1.807) is 7.05 Å². The molecule has 1 atom stereocenters. The van der Waals surface area contributed by atoms with E-state index in [9.17, 15) is 5.11 Å². The molecule has 2 aromatic rings. The lowest BCUT2D eigenvalue weighted by molar-refractivity contribution is 0.170. The van der Waals surface area contributed by atoms with E-state index in [2.05, 4.69) is 15.4 Å². The number of aliphatic hydroxyl groups excluding tert-OH is 1. The first-order valence-corrected chi connectivity index (χ1v) is 6.94. The smallest absolute Gasteiger partial charge is 0.171 e. The Balaban J connectivity index is 1.85. The van der Waals surface area contributed by atoms with Crippen molar-refractivity contribution in [1.29, 1.82) is 0 Å². The van der Waals surface area contributed by atoms with Crippen molar-refractivity contribution in [3.8, 4) is 0 Å². The van der Waals surface area contributed by atoms with Crippen LogP contribution < -0.4 is 0 Å². The van der Waals surface area contributed by atoms with Crippen LogP contribution in [0.15, 0.2) is 10.6 Å². The van der Waals surface area contributed by atoms with Gasteiger partial charge in [0.25, 0.3) is 0 Å². The summed E-state index contributed by atoms with van der Waals surface area (Å²) in [5, 5.41) is 22.5. The lowest BCUT2D eigenvalue weighted by Gasteiger charge is -2.22. The fraction of sp³-hybridized carbons (Fsp3) is 0.545. The molecule has 1 fully saturated rings. The maximum atomic E-state index is 10.2. The minimum atomic E-state index is -0.896. The molecule has 18 heavy (non-hydrogen) atoms. The number of hydrogen-bond donors (Lipinski definition) is 1. The summed E-state index contributed by atoms with van der Waals surface area (Å²) in [5.74, 6) is 0.936. The van der Waals surface area contributed by atoms with Gasteiger partial charge in [0, 0.05) is 19.0 Å². The normalized spacial score (nSPS) is 17.7. The Bertz CT molecular complexity index is 561. The third-order valence-corrected chi connectivity index (χ3v) is 4.06. The number of hydrogen-bond acceptors (Lipinski definition) is 5. The van der Waals surface area contributed by atoms with Crippen molar-refractivity contribution >= 4 is 22.6 Å². The van der Waals surface area contributed by atoms with E-state index >= 15 is 0 Å². The van der Waals surface area contributed by atoms with Crippen molar-refractivity contribution in [2.45, 2.75) is 31.3 Å². The molecule has 1 N–H and O–H groups in total. The predicted octanol–water partition coefficient (Wildman–Crippen LogP) is 1.76. The summed E-state index contributed by atoms with van der Waals surface area (Å²) in [4.78, 5) is 1.43. The van der Waals surface area contributed by atoms with Crippen molar-refractivity contribution < 1.29 is 9.63 Å². The van der Waals surface area contributed by atoms with Gasteiger partial charge in [-0.15, -0.1) is 5.10 Å². The lowest BCUT2D eigenvalue weighted by atomic mass is 9.83. The molecule has 96 valence electrons. The number of aryl methyl sites for hydroxylation is 1. The van der Waals surface area contributed by atoms with Gasteiger partial charge in [0.1, 0.15) is 9.39 Å². The topological polar surface area (TPSA) is 77.0 Å². The zero-order valence-corrected chi connectivity index (χ0v) is 12.0. The van der Waals surface area contributed by atoms with E-state index < -0.39 is 6.10 Å². The fourth-order valence-corrected chi connectivity index (χ4v) is 2.74. The maximum absolute atomic E-state index is 10.2. The summed E-state index contributed by atoms with van der Waals surface area (Å²) < 4.78 is 5.89. The van der Waals surface area contributed by atoms with Crippen LogP contribution in [-0.2, 0) is 7.05 Å². The second kappa shape index (κ2) is 4.61. The van der Waals surface area contributed by atoms with Crippen LogP contribution in [0.4, 0.5) is 0 Å². The second-order valence-electron chi connectivity index (χ2n) is 4.55. The first-order valence-electron chi connectivity index (χ1n) is 5.86. The Labute approximate surface area is 117 Å². The largest absolute Gasteiger partial charge is 0.378 e. The molecule has 0 bridgehead atoms. The van der Waals surface area contributed by atoms with Crippen molar-refractivity contribution in [2.24, 2.45) is 7.05 Å². The summed E-state index contributed by atoms with van der Waals surface area (Å²) in [6, 6.07) is 1.83. The zero-order chi connectivity index (χ0) is 12.7. The molecule has 1 aliphatic rings. The molecule has 0 aromatic carbocycles. The van der Waals surface area contributed by atoms with Gasteiger partial charge in [-0.05, 0) is 35.4 Å². The minimum absolute atomic E-state index is 0.440. The van der Waals surface area contributed by atoms with E-state index in [-0.39, 0.29) is 0 Å². The van der Waals surface area contributed by atoms with Crippen LogP contribution in [0.25, 0.3) is 0 Å². The lowest BCUT2D eigenvalue weighted by Crippen LogP contribution is -2.08. The highest BCUT2D eigenvalue weighted by atomic mass is 127. The average molecular weight is 360 g/mol. The van der Waals surface area contributed by atoms with Gasteiger partial charge in [-0.2, -0.15) is 9.90 Å². The first-order chi connectivity index (χ1) is 8.65. The molecule has 0 saturated heterocycles. The van der Waals surface area contributed by atoms with Crippen LogP contribution in [0, 0.1) is 3.70 Å². The Morgan fingerprint density at radius 3 is 2.83 bits per heavy atom. The number of aromatic nitrogens is 4. The third kappa shape index (κ3) is 2.05. The molecule has 2 aromatic heterocycles. The molecule has 0 spiro atoms. The molecule has 3 rings (SSSR count). The number of nitrogens with zero attached hydrogens (tertiary/aromatic N) is 4. The molecule has 1 saturated carbocycles. The number of halogens is 1. The summed E-state index contributed by atoms with van der Waals surface area (Å²) >= 11 is 2.05.